The van der Waals surface area contributed by atoms with Crippen LogP contribution in [-0.4, -0.2) is 27.6 Å². The normalized spacial score (nSPS) is 10.3. The highest BCUT2D eigenvalue weighted by molar-refractivity contribution is 5.94. The summed E-state index contributed by atoms with van der Waals surface area (Å²) in [5.41, 5.74) is 8.10. The molecule has 1 heterocycles. The minimum absolute atomic E-state index is 0.0438. The van der Waals surface area contributed by atoms with Crippen LogP contribution in [-0.2, 0) is 11.3 Å². The Morgan fingerprint density at radius 1 is 1.45 bits per heavy atom. The van der Waals surface area contributed by atoms with E-state index < -0.39 is 0 Å². The quantitative estimate of drug-likeness (QED) is 0.579. The largest absolute Gasteiger partial charge is 0.477 e. The van der Waals surface area contributed by atoms with E-state index in [1.165, 1.54) is 6.20 Å². The third-order valence-electron chi connectivity index (χ3n) is 2.71. The third kappa shape index (κ3) is 2.92. The maximum absolute atomic E-state index is 9.16. The second kappa shape index (κ2) is 6.12. The molecular weight excluding hydrogens is 256 g/mol. The summed E-state index contributed by atoms with van der Waals surface area (Å²) in [4.78, 5) is 8.36. The highest BCUT2D eigenvalue weighted by Crippen LogP contribution is 2.20. The van der Waals surface area contributed by atoms with Gasteiger partial charge in [-0.15, -0.1) is 0 Å². The number of anilines is 1. The molecule has 0 saturated heterocycles. The van der Waals surface area contributed by atoms with Crippen LogP contribution in [0.25, 0.3) is 11.3 Å². The number of aromatic nitrogens is 2. The molecule has 0 bridgehead atoms. The standard InChI is InChI=1S/C14H16N4O2/c1-2-20-14(16)12-13(15)17-7-11(18-12)10-5-3-4-9(6-10)8-19/h3-7,16,19H,2,8H2,1H3,(H2,15,17). The summed E-state index contributed by atoms with van der Waals surface area (Å²) < 4.78 is 5.11. The lowest BCUT2D eigenvalue weighted by Gasteiger charge is -2.09. The fourth-order valence-corrected chi connectivity index (χ4v) is 1.75. The zero-order valence-electron chi connectivity index (χ0n) is 11.1. The Kier molecular flexibility index (Phi) is 4.27. The third-order valence-corrected chi connectivity index (χ3v) is 2.71. The molecule has 2 aromatic rings. The number of aliphatic hydroxyl groups excluding tert-OH is 1. The molecule has 0 atom stereocenters. The molecule has 0 aliphatic heterocycles. The van der Waals surface area contributed by atoms with Gasteiger partial charge >= 0.3 is 0 Å². The predicted molar refractivity (Wildman–Crippen MR) is 76.3 cm³/mol. The number of ether oxygens (including phenoxy) is 1. The second-order valence-corrected chi connectivity index (χ2v) is 4.11. The molecule has 0 saturated carbocycles. The van der Waals surface area contributed by atoms with Crippen molar-refractivity contribution in [2.24, 2.45) is 0 Å². The van der Waals surface area contributed by atoms with Gasteiger partial charge in [-0.05, 0) is 18.6 Å². The molecular formula is C14H16N4O2. The zero-order valence-corrected chi connectivity index (χ0v) is 11.1. The molecule has 0 radical (unpaired) electrons. The van der Waals surface area contributed by atoms with Crippen LogP contribution >= 0.6 is 0 Å². The van der Waals surface area contributed by atoms with E-state index >= 15 is 0 Å². The highest BCUT2D eigenvalue weighted by Gasteiger charge is 2.12. The molecule has 6 heteroatoms. The molecule has 0 spiro atoms. The van der Waals surface area contributed by atoms with Crippen molar-refractivity contribution in [3.8, 4) is 11.3 Å². The first kappa shape index (κ1) is 14.0. The van der Waals surface area contributed by atoms with Crippen molar-refractivity contribution in [2.75, 3.05) is 12.3 Å². The number of rotatable bonds is 4. The van der Waals surface area contributed by atoms with E-state index in [0.717, 1.165) is 11.1 Å². The number of aliphatic hydroxyl groups is 1. The smallest absolute Gasteiger partial charge is 0.236 e. The molecule has 20 heavy (non-hydrogen) atoms. The van der Waals surface area contributed by atoms with Gasteiger partial charge in [-0.25, -0.2) is 9.97 Å². The first-order valence-electron chi connectivity index (χ1n) is 6.20. The maximum Gasteiger partial charge on any atom is 0.236 e. The van der Waals surface area contributed by atoms with Gasteiger partial charge in [-0.3, -0.25) is 5.41 Å². The molecule has 4 N–H and O–H groups in total. The van der Waals surface area contributed by atoms with E-state index in [9.17, 15) is 0 Å². The summed E-state index contributed by atoms with van der Waals surface area (Å²) in [5.74, 6) is 0.0585. The van der Waals surface area contributed by atoms with Crippen LogP contribution in [0.1, 0.15) is 18.2 Å². The van der Waals surface area contributed by atoms with Crippen molar-refractivity contribution in [1.29, 1.82) is 5.41 Å². The number of nitrogen functional groups attached to an aromatic ring is 1. The molecule has 6 nitrogen and oxygen atoms in total. The van der Waals surface area contributed by atoms with Crippen LogP contribution in [0.3, 0.4) is 0 Å². The van der Waals surface area contributed by atoms with Crippen LogP contribution in [0.4, 0.5) is 5.82 Å². The Hall–Kier alpha value is -2.47. The van der Waals surface area contributed by atoms with Crippen LogP contribution in [0.2, 0.25) is 0 Å². The lowest BCUT2D eigenvalue weighted by molar-refractivity contribution is 0.282. The van der Waals surface area contributed by atoms with Crippen LogP contribution in [0, 0.1) is 5.41 Å². The summed E-state index contributed by atoms with van der Waals surface area (Å²) in [6.07, 6.45) is 1.54. The van der Waals surface area contributed by atoms with Crippen molar-refractivity contribution in [3.05, 3.63) is 41.7 Å². The maximum atomic E-state index is 9.16. The number of nitrogens with zero attached hydrogens (tertiary/aromatic N) is 2. The Morgan fingerprint density at radius 2 is 2.25 bits per heavy atom. The van der Waals surface area contributed by atoms with Gasteiger partial charge in [0.1, 0.15) is 0 Å². The molecule has 2 rings (SSSR count). The summed E-state index contributed by atoms with van der Waals surface area (Å²) in [6.45, 7) is 2.11. The van der Waals surface area contributed by atoms with Crippen molar-refractivity contribution in [2.45, 2.75) is 13.5 Å². The number of nitrogens with one attached hydrogen (secondary N) is 1. The summed E-state index contributed by atoms with van der Waals surface area (Å²) in [5, 5.41) is 16.9. The molecule has 0 amide bonds. The van der Waals surface area contributed by atoms with E-state index in [-0.39, 0.29) is 24.0 Å². The van der Waals surface area contributed by atoms with Gasteiger partial charge in [-0.2, -0.15) is 0 Å². The van der Waals surface area contributed by atoms with Gasteiger partial charge in [-0.1, -0.05) is 18.2 Å². The van der Waals surface area contributed by atoms with E-state index in [1.807, 2.05) is 24.3 Å². The Morgan fingerprint density at radius 3 is 2.95 bits per heavy atom. The van der Waals surface area contributed by atoms with Crippen molar-refractivity contribution in [3.63, 3.8) is 0 Å². The van der Waals surface area contributed by atoms with Gasteiger partial charge in [0.15, 0.2) is 11.5 Å². The monoisotopic (exact) mass is 272 g/mol. The highest BCUT2D eigenvalue weighted by atomic mass is 16.5. The minimum atomic E-state index is -0.0994. The molecule has 1 aromatic heterocycles. The van der Waals surface area contributed by atoms with Crippen molar-refractivity contribution < 1.29 is 9.84 Å². The van der Waals surface area contributed by atoms with E-state index in [2.05, 4.69) is 9.97 Å². The number of benzene rings is 1. The second-order valence-electron chi connectivity index (χ2n) is 4.11. The molecule has 1 aromatic carbocycles. The molecule has 0 fully saturated rings. The topological polar surface area (TPSA) is 105 Å². The van der Waals surface area contributed by atoms with Crippen LogP contribution in [0.15, 0.2) is 30.5 Å². The zero-order chi connectivity index (χ0) is 14.5. The molecule has 0 aliphatic rings. The summed E-state index contributed by atoms with van der Waals surface area (Å²) >= 11 is 0. The van der Waals surface area contributed by atoms with Gasteiger partial charge in [0.05, 0.1) is 25.1 Å². The summed E-state index contributed by atoms with van der Waals surface area (Å²) in [6, 6.07) is 7.31. The Balaban J connectivity index is 2.42. The number of hydrogen-bond acceptors (Lipinski definition) is 6. The van der Waals surface area contributed by atoms with Gasteiger partial charge in [0.25, 0.3) is 0 Å². The first-order chi connectivity index (χ1) is 9.65. The van der Waals surface area contributed by atoms with Crippen LogP contribution in [0.5, 0.6) is 0 Å². The average Bonchev–Trinajstić information content (AvgIpc) is 2.48. The average molecular weight is 272 g/mol. The van der Waals surface area contributed by atoms with Crippen molar-refractivity contribution >= 4 is 11.7 Å². The van der Waals surface area contributed by atoms with Crippen molar-refractivity contribution in [1.82, 2.24) is 9.97 Å². The van der Waals surface area contributed by atoms with Gasteiger partial charge in [0.2, 0.25) is 5.90 Å². The summed E-state index contributed by atoms with van der Waals surface area (Å²) in [7, 11) is 0. The molecule has 0 unspecified atom stereocenters. The predicted octanol–water partition coefficient (Wildman–Crippen LogP) is 1.58. The fourth-order valence-electron chi connectivity index (χ4n) is 1.75. The van der Waals surface area contributed by atoms with E-state index in [4.69, 9.17) is 21.0 Å². The van der Waals surface area contributed by atoms with E-state index in [1.54, 1.807) is 6.92 Å². The minimum Gasteiger partial charge on any atom is -0.477 e. The van der Waals surface area contributed by atoms with Gasteiger partial charge in [0, 0.05) is 5.56 Å². The fraction of sp³-hybridized carbons (Fsp3) is 0.214. The van der Waals surface area contributed by atoms with Crippen LogP contribution < -0.4 is 5.73 Å². The number of nitrogens with two attached hydrogens (primary N) is 1. The van der Waals surface area contributed by atoms with E-state index in [0.29, 0.717) is 12.3 Å². The SMILES string of the molecule is CCOC(=N)c1nc(-c2cccc(CO)c2)cnc1N. The Bertz CT molecular complexity index is 628. The Labute approximate surface area is 116 Å². The van der Waals surface area contributed by atoms with Gasteiger partial charge < -0.3 is 15.6 Å². The first-order valence-corrected chi connectivity index (χ1v) is 6.20. The molecule has 0 aliphatic carbocycles. The molecule has 104 valence electrons. The lowest BCUT2D eigenvalue weighted by atomic mass is 10.1. The lowest BCUT2D eigenvalue weighted by Crippen LogP contribution is -2.12. The number of hydrogen-bond donors (Lipinski definition) is 3.